The van der Waals surface area contributed by atoms with Crippen LogP contribution in [0.1, 0.15) is 40.1 Å². The van der Waals surface area contributed by atoms with Gasteiger partial charge in [-0.25, -0.2) is 13.9 Å². The summed E-state index contributed by atoms with van der Waals surface area (Å²) in [5, 5.41) is 9.03. The number of hydrogen-bond donors (Lipinski definition) is 0. The fourth-order valence-electron chi connectivity index (χ4n) is 3.04. The highest BCUT2D eigenvalue weighted by atomic mass is 79.9. The van der Waals surface area contributed by atoms with Crippen molar-refractivity contribution in [3.8, 4) is 5.69 Å². The van der Waals surface area contributed by atoms with Crippen LogP contribution in [0, 0.1) is 12.7 Å². The molecule has 8 heteroatoms. The summed E-state index contributed by atoms with van der Waals surface area (Å²) in [6, 6.07) is 5.94. The minimum absolute atomic E-state index is 0.125. The predicted molar refractivity (Wildman–Crippen MR) is 103 cm³/mol. The zero-order valence-electron chi connectivity index (χ0n) is 15.6. The fourth-order valence-corrected chi connectivity index (χ4v) is 3.79. The minimum Gasteiger partial charge on any atom is -0.465 e. The Morgan fingerprint density at radius 2 is 2.04 bits per heavy atom. The van der Waals surface area contributed by atoms with Crippen LogP contribution in [0.4, 0.5) is 4.39 Å². The molecule has 2 aromatic heterocycles. The summed E-state index contributed by atoms with van der Waals surface area (Å²) >= 11 is 3.63. The first-order chi connectivity index (χ1) is 12.8. The van der Waals surface area contributed by atoms with E-state index in [1.54, 1.807) is 4.68 Å². The molecule has 6 nitrogen and oxygen atoms in total. The van der Waals surface area contributed by atoms with E-state index >= 15 is 0 Å². The Kier molecular flexibility index (Phi) is 5.46. The Bertz CT molecular complexity index is 1010. The van der Waals surface area contributed by atoms with Gasteiger partial charge in [0, 0.05) is 13.5 Å². The lowest BCUT2D eigenvalue weighted by molar-refractivity contribution is 0.0600. The molecule has 27 heavy (non-hydrogen) atoms. The van der Waals surface area contributed by atoms with E-state index in [1.165, 1.54) is 19.2 Å². The first-order valence-corrected chi connectivity index (χ1v) is 9.29. The summed E-state index contributed by atoms with van der Waals surface area (Å²) in [6.07, 6.45) is 1.36. The van der Waals surface area contributed by atoms with Crippen molar-refractivity contribution in [2.75, 3.05) is 7.11 Å². The minimum atomic E-state index is -0.612. The lowest BCUT2D eigenvalue weighted by atomic mass is 10.1. The summed E-state index contributed by atoms with van der Waals surface area (Å²) in [7, 11) is 3.16. The second-order valence-corrected chi connectivity index (χ2v) is 7.00. The van der Waals surface area contributed by atoms with Crippen molar-refractivity contribution < 1.29 is 13.9 Å². The highest BCUT2D eigenvalue weighted by molar-refractivity contribution is 9.10. The molecule has 3 aromatic rings. The monoisotopic (exact) mass is 434 g/mol. The van der Waals surface area contributed by atoms with Gasteiger partial charge in [-0.2, -0.15) is 10.2 Å². The predicted octanol–water partition coefficient (Wildman–Crippen LogP) is 3.76. The Morgan fingerprint density at radius 1 is 1.30 bits per heavy atom. The van der Waals surface area contributed by atoms with E-state index in [1.807, 2.05) is 31.6 Å². The van der Waals surface area contributed by atoms with Crippen LogP contribution >= 0.6 is 15.9 Å². The molecule has 0 saturated heterocycles. The van der Waals surface area contributed by atoms with Crippen molar-refractivity contribution >= 4 is 21.9 Å². The molecule has 0 N–H and O–H groups in total. The molecule has 0 spiro atoms. The molecule has 0 aliphatic rings. The normalized spacial score (nSPS) is 11.0. The number of hydrogen-bond acceptors (Lipinski definition) is 4. The summed E-state index contributed by atoms with van der Waals surface area (Å²) in [6.45, 7) is 3.92. The van der Waals surface area contributed by atoms with Gasteiger partial charge in [0.2, 0.25) is 0 Å². The number of aryl methyl sites for hydroxylation is 3. The van der Waals surface area contributed by atoms with E-state index in [0.29, 0.717) is 12.1 Å². The number of aromatic nitrogens is 4. The molecule has 0 fully saturated rings. The van der Waals surface area contributed by atoms with Crippen LogP contribution in [-0.2, 0) is 24.6 Å². The van der Waals surface area contributed by atoms with Crippen molar-refractivity contribution in [1.82, 2.24) is 19.6 Å². The molecule has 2 heterocycles. The van der Waals surface area contributed by atoms with E-state index in [2.05, 4.69) is 26.1 Å². The van der Waals surface area contributed by atoms with E-state index in [9.17, 15) is 9.18 Å². The molecule has 0 atom stereocenters. The molecule has 0 aliphatic carbocycles. The molecule has 0 bridgehead atoms. The molecule has 0 amide bonds. The second kappa shape index (κ2) is 7.64. The molecule has 3 rings (SSSR count). The van der Waals surface area contributed by atoms with Crippen molar-refractivity contribution in [3.05, 3.63) is 62.9 Å². The van der Waals surface area contributed by atoms with E-state index < -0.39 is 11.8 Å². The van der Waals surface area contributed by atoms with E-state index in [4.69, 9.17) is 4.74 Å². The number of carbonyl (C=O) groups excluding carboxylic acids is 1. The average molecular weight is 435 g/mol. The topological polar surface area (TPSA) is 61.9 Å². The van der Waals surface area contributed by atoms with Crippen LogP contribution in [0.15, 0.2) is 28.7 Å². The van der Waals surface area contributed by atoms with Crippen LogP contribution in [0.5, 0.6) is 0 Å². The van der Waals surface area contributed by atoms with Gasteiger partial charge in [-0.1, -0.05) is 6.92 Å². The fraction of sp³-hybridized carbons (Fsp3) is 0.316. The highest BCUT2D eigenvalue weighted by Crippen LogP contribution is 2.26. The van der Waals surface area contributed by atoms with Gasteiger partial charge < -0.3 is 4.74 Å². The number of benzene rings is 1. The van der Waals surface area contributed by atoms with Crippen LogP contribution in [0.3, 0.4) is 0 Å². The summed E-state index contributed by atoms with van der Waals surface area (Å²) in [4.78, 5) is 12.1. The van der Waals surface area contributed by atoms with Crippen molar-refractivity contribution in [2.45, 2.75) is 26.7 Å². The molecule has 1 aromatic carbocycles. The van der Waals surface area contributed by atoms with Crippen LogP contribution in [0.25, 0.3) is 5.69 Å². The lowest BCUT2D eigenvalue weighted by Gasteiger charge is -2.12. The van der Waals surface area contributed by atoms with Gasteiger partial charge in [-0.05, 0) is 53.5 Å². The number of ether oxygens (including phenoxy) is 1. The van der Waals surface area contributed by atoms with Crippen LogP contribution in [0.2, 0.25) is 0 Å². The van der Waals surface area contributed by atoms with Gasteiger partial charge in [0.1, 0.15) is 5.82 Å². The first kappa shape index (κ1) is 19.3. The molecule has 0 radical (unpaired) electrons. The number of methoxy groups -OCH3 is 1. The van der Waals surface area contributed by atoms with Crippen LogP contribution < -0.4 is 0 Å². The Morgan fingerprint density at radius 3 is 2.67 bits per heavy atom. The first-order valence-electron chi connectivity index (χ1n) is 8.49. The Labute approximate surface area is 165 Å². The molecule has 0 aliphatic heterocycles. The van der Waals surface area contributed by atoms with E-state index in [0.717, 1.165) is 39.7 Å². The SMILES string of the molecule is CCc1nn(C)c(Cc2cc(C)nn2-c2ccc(F)cc2C(=O)OC)c1Br. The zero-order valence-corrected chi connectivity index (χ0v) is 17.2. The summed E-state index contributed by atoms with van der Waals surface area (Å²) in [5.74, 6) is -1.12. The van der Waals surface area contributed by atoms with Crippen LogP contribution in [-0.4, -0.2) is 32.6 Å². The maximum atomic E-state index is 13.7. The van der Waals surface area contributed by atoms with Gasteiger partial charge in [-0.3, -0.25) is 4.68 Å². The third kappa shape index (κ3) is 3.66. The smallest absolute Gasteiger partial charge is 0.340 e. The number of halogens is 2. The summed E-state index contributed by atoms with van der Waals surface area (Å²) < 4.78 is 23.0. The molecule has 0 saturated carbocycles. The zero-order chi connectivity index (χ0) is 19.7. The highest BCUT2D eigenvalue weighted by Gasteiger charge is 2.20. The quantitative estimate of drug-likeness (QED) is 0.573. The Hall–Kier alpha value is -2.48. The molecular formula is C19H20BrFN4O2. The van der Waals surface area contributed by atoms with Gasteiger partial charge >= 0.3 is 5.97 Å². The number of carbonyl (C=O) groups is 1. The van der Waals surface area contributed by atoms with Gasteiger partial charge in [-0.15, -0.1) is 0 Å². The van der Waals surface area contributed by atoms with Crippen molar-refractivity contribution in [3.63, 3.8) is 0 Å². The maximum absolute atomic E-state index is 13.7. The second-order valence-electron chi connectivity index (χ2n) is 6.20. The number of esters is 1. The molecule has 142 valence electrons. The van der Waals surface area contributed by atoms with Gasteiger partial charge in [0.15, 0.2) is 0 Å². The third-order valence-electron chi connectivity index (χ3n) is 4.35. The lowest BCUT2D eigenvalue weighted by Crippen LogP contribution is -2.12. The van der Waals surface area contributed by atoms with Gasteiger partial charge in [0.05, 0.1) is 45.6 Å². The average Bonchev–Trinajstić information content (AvgIpc) is 3.14. The number of nitrogens with zero attached hydrogens (tertiary/aromatic N) is 4. The number of rotatable bonds is 5. The summed E-state index contributed by atoms with van der Waals surface area (Å²) in [5.41, 5.74) is 4.22. The van der Waals surface area contributed by atoms with Crippen molar-refractivity contribution in [2.24, 2.45) is 7.05 Å². The standard InChI is InChI=1S/C19H20BrFN4O2/c1-5-15-18(20)17(24(3)23-15)10-13-8-11(2)22-25(13)16-7-6-12(21)9-14(16)19(26)27-4/h6-9H,5,10H2,1-4H3. The maximum Gasteiger partial charge on any atom is 0.340 e. The molecule has 0 unspecified atom stereocenters. The third-order valence-corrected chi connectivity index (χ3v) is 5.26. The van der Waals surface area contributed by atoms with Crippen molar-refractivity contribution in [1.29, 1.82) is 0 Å². The van der Waals surface area contributed by atoms with Gasteiger partial charge in [0.25, 0.3) is 0 Å². The largest absolute Gasteiger partial charge is 0.465 e. The van der Waals surface area contributed by atoms with E-state index in [-0.39, 0.29) is 5.56 Å². The molecular weight excluding hydrogens is 415 g/mol. The Balaban J connectivity index is 2.11.